The number of thioether (sulfide) groups is 1. The lowest BCUT2D eigenvalue weighted by Crippen LogP contribution is -2.09. The van der Waals surface area contributed by atoms with Crippen LogP contribution in [-0.2, 0) is 10.5 Å². The van der Waals surface area contributed by atoms with Gasteiger partial charge in [0.25, 0.3) is 0 Å². The van der Waals surface area contributed by atoms with Crippen molar-refractivity contribution in [3.63, 3.8) is 0 Å². The average Bonchev–Trinajstić information content (AvgIpc) is 2.86. The maximum absolute atomic E-state index is 11.4. The maximum Gasteiger partial charge on any atom is 0.337 e. The summed E-state index contributed by atoms with van der Waals surface area (Å²) in [6.07, 6.45) is 1.63. The molecule has 0 aliphatic heterocycles. The first-order chi connectivity index (χ1) is 16.1. The van der Waals surface area contributed by atoms with E-state index in [1.807, 2.05) is 54.6 Å². The molecule has 3 aromatic carbocycles. The van der Waals surface area contributed by atoms with Crippen molar-refractivity contribution in [2.24, 2.45) is 15.9 Å². The van der Waals surface area contributed by atoms with Crippen LogP contribution < -0.4 is 15.2 Å². The molecule has 0 saturated heterocycles. The second-order valence-electron chi connectivity index (χ2n) is 6.74. The number of rotatable bonds is 10. The minimum atomic E-state index is -0.382. The lowest BCUT2D eigenvalue weighted by Gasteiger charge is -2.09. The van der Waals surface area contributed by atoms with Gasteiger partial charge in [-0.15, -0.1) is 5.10 Å². The summed E-state index contributed by atoms with van der Waals surface area (Å²) >= 11 is 1.44. The van der Waals surface area contributed by atoms with Gasteiger partial charge < -0.3 is 19.9 Å². The van der Waals surface area contributed by atoms with Crippen molar-refractivity contribution in [1.82, 2.24) is 0 Å². The van der Waals surface area contributed by atoms with E-state index < -0.39 is 0 Å². The fraction of sp³-hybridized carbons (Fsp3) is 0.160. The van der Waals surface area contributed by atoms with Crippen LogP contribution >= 0.6 is 11.8 Å². The molecular weight excluding hydrogens is 438 g/mol. The third-order valence-electron chi connectivity index (χ3n) is 4.35. The summed E-state index contributed by atoms with van der Waals surface area (Å²) in [5, 5.41) is 8.50. The Bertz CT molecular complexity index is 1090. The topological polar surface area (TPSA) is 95.5 Å². The first-order valence-corrected chi connectivity index (χ1v) is 11.2. The van der Waals surface area contributed by atoms with Crippen LogP contribution in [0.25, 0.3) is 0 Å². The van der Waals surface area contributed by atoms with Gasteiger partial charge in [-0.3, -0.25) is 0 Å². The Kier molecular flexibility index (Phi) is 9.35. The number of methoxy groups -OCH3 is 1. The molecule has 0 saturated carbocycles. The Labute approximate surface area is 197 Å². The number of nitrogens with zero attached hydrogens (tertiary/aromatic N) is 2. The molecule has 0 heterocycles. The van der Waals surface area contributed by atoms with Crippen LogP contribution in [0.4, 0.5) is 0 Å². The number of hydrogen-bond donors (Lipinski definition) is 1. The van der Waals surface area contributed by atoms with Crippen molar-refractivity contribution in [2.75, 3.05) is 20.3 Å². The second kappa shape index (κ2) is 12.9. The van der Waals surface area contributed by atoms with E-state index in [1.165, 1.54) is 24.4 Å². The number of carbonyl (C=O) groups is 1. The molecule has 0 aliphatic carbocycles. The highest BCUT2D eigenvalue weighted by Gasteiger charge is 2.04. The molecular formula is C25H25N3O4S. The molecule has 0 aliphatic rings. The molecule has 7 nitrogen and oxygen atoms in total. The first-order valence-electron chi connectivity index (χ1n) is 10.2. The summed E-state index contributed by atoms with van der Waals surface area (Å²) in [7, 11) is 1.35. The molecule has 0 spiro atoms. The molecule has 3 aromatic rings. The molecule has 8 heteroatoms. The van der Waals surface area contributed by atoms with Crippen molar-refractivity contribution in [1.29, 1.82) is 0 Å². The molecule has 2 N–H and O–H groups in total. The fourth-order valence-corrected chi connectivity index (χ4v) is 3.33. The Morgan fingerprint density at radius 2 is 1.67 bits per heavy atom. The van der Waals surface area contributed by atoms with E-state index in [0.717, 1.165) is 11.3 Å². The molecule has 0 amide bonds. The summed E-state index contributed by atoms with van der Waals surface area (Å²) in [6, 6.07) is 24.3. The Morgan fingerprint density at radius 1 is 0.939 bits per heavy atom. The quantitative estimate of drug-likeness (QED) is 0.156. The minimum absolute atomic E-state index is 0.357. The van der Waals surface area contributed by atoms with Gasteiger partial charge in [-0.2, -0.15) is 5.10 Å². The number of esters is 1. The van der Waals surface area contributed by atoms with Gasteiger partial charge in [0.1, 0.15) is 24.7 Å². The van der Waals surface area contributed by atoms with E-state index >= 15 is 0 Å². The lowest BCUT2D eigenvalue weighted by molar-refractivity contribution is 0.0600. The zero-order chi connectivity index (χ0) is 23.3. The van der Waals surface area contributed by atoms with Crippen molar-refractivity contribution < 1.29 is 19.0 Å². The third kappa shape index (κ3) is 8.34. The van der Waals surface area contributed by atoms with Gasteiger partial charge in [0, 0.05) is 5.75 Å². The molecule has 0 atom stereocenters. The monoisotopic (exact) mass is 463 g/mol. The maximum atomic E-state index is 11.4. The molecule has 0 radical (unpaired) electrons. The molecule has 0 fully saturated rings. The Balaban J connectivity index is 1.42. The van der Waals surface area contributed by atoms with Crippen molar-refractivity contribution in [3.8, 4) is 11.5 Å². The molecule has 170 valence electrons. The normalized spacial score (nSPS) is 11.4. The molecule has 0 aromatic heterocycles. The van der Waals surface area contributed by atoms with Crippen molar-refractivity contribution >= 4 is 29.1 Å². The van der Waals surface area contributed by atoms with E-state index in [-0.39, 0.29) is 5.97 Å². The van der Waals surface area contributed by atoms with Crippen molar-refractivity contribution in [2.45, 2.75) is 5.75 Å². The van der Waals surface area contributed by atoms with Gasteiger partial charge in [-0.05, 0) is 47.5 Å². The smallest absolute Gasteiger partial charge is 0.337 e. The SMILES string of the molecule is COC(=O)c1ccc(OCCOc2cccc(C=NN=C(N)SCc3ccccc3)c2)cc1. The van der Waals surface area contributed by atoms with Crippen LogP contribution in [0.3, 0.4) is 0 Å². The molecule has 0 bridgehead atoms. The van der Waals surface area contributed by atoms with E-state index in [1.54, 1.807) is 30.5 Å². The predicted octanol–water partition coefficient (Wildman–Crippen LogP) is 4.51. The van der Waals surface area contributed by atoms with E-state index in [2.05, 4.69) is 14.9 Å². The van der Waals surface area contributed by atoms with Gasteiger partial charge >= 0.3 is 5.97 Å². The number of carbonyl (C=O) groups excluding carboxylic acids is 1. The van der Waals surface area contributed by atoms with E-state index in [0.29, 0.717) is 35.4 Å². The largest absolute Gasteiger partial charge is 0.490 e. The summed E-state index contributed by atoms with van der Waals surface area (Å²) in [4.78, 5) is 11.4. The third-order valence-corrected chi connectivity index (χ3v) is 5.20. The standard InChI is InChI=1S/C25H25N3O4S/c1-30-24(29)21-10-12-22(13-11-21)31-14-15-32-23-9-5-8-20(16-23)17-27-28-25(26)33-18-19-6-3-2-4-7-19/h2-13,16-17H,14-15,18H2,1H3,(H2,26,28). The van der Waals surface area contributed by atoms with Gasteiger partial charge in [-0.25, -0.2) is 4.79 Å². The highest BCUT2D eigenvalue weighted by molar-refractivity contribution is 8.13. The van der Waals surface area contributed by atoms with Crippen LogP contribution in [0.1, 0.15) is 21.5 Å². The predicted molar refractivity (Wildman–Crippen MR) is 132 cm³/mol. The van der Waals surface area contributed by atoms with Crippen LogP contribution in [0.15, 0.2) is 89.1 Å². The Hall–Kier alpha value is -3.78. The van der Waals surface area contributed by atoms with Crippen molar-refractivity contribution in [3.05, 3.63) is 95.6 Å². The Morgan fingerprint density at radius 3 is 2.39 bits per heavy atom. The number of ether oxygens (including phenoxy) is 3. The number of hydrogen-bond acceptors (Lipinski definition) is 7. The fourth-order valence-electron chi connectivity index (χ4n) is 2.72. The zero-order valence-corrected chi connectivity index (χ0v) is 19.0. The molecule has 3 rings (SSSR count). The number of benzene rings is 3. The van der Waals surface area contributed by atoms with E-state index in [4.69, 9.17) is 15.2 Å². The summed E-state index contributed by atoms with van der Waals surface area (Å²) < 4.78 is 16.0. The van der Waals surface area contributed by atoms with Crippen LogP contribution in [0, 0.1) is 0 Å². The second-order valence-corrected chi connectivity index (χ2v) is 7.74. The van der Waals surface area contributed by atoms with Crippen LogP contribution in [0.2, 0.25) is 0 Å². The van der Waals surface area contributed by atoms with Crippen LogP contribution in [-0.4, -0.2) is 37.7 Å². The average molecular weight is 464 g/mol. The van der Waals surface area contributed by atoms with Gasteiger partial charge in [0.15, 0.2) is 5.17 Å². The van der Waals surface area contributed by atoms with Crippen LogP contribution in [0.5, 0.6) is 11.5 Å². The number of amidine groups is 1. The molecule has 0 unspecified atom stereocenters. The van der Waals surface area contributed by atoms with Gasteiger partial charge in [-0.1, -0.05) is 54.2 Å². The zero-order valence-electron chi connectivity index (χ0n) is 18.2. The highest BCUT2D eigenvalue weighted by Crippen LogP contribution is 2.15. The summed E-state index contributed by atoms with van der Waals surface area (Å²) in [5.74, 6) is 1.70. The highest BCUT2D eigenvalue weighted by atomic mass is 32.2. The molecule has 33 heavy (non-hydrogen) atoms. The summed E-state index contributed by atoms with van der Waals surface area (Å²) in [6.45, 7) is 0.718. The van der Waals surface area contributed by atoms with Gasteiger partial charge in [0.2, 0.25) is 0 Å². The van der Waals surface area contributed by atoms with E-state index in [9.17, 15) is 4.79 Å². The number of nitrogens with two attached hydrogens (primary N) is 1. The first kappa shape index (κ1) is 23.9. The minimum Gasteiger partial charge on any atom is -0.490 e. The summed E-state index contributed by atoms with van der Waals surface area (Å²) in [5.41, 5.74) is 8.41. The van der Waals surface area contributed by atoms with Gasteiger partial charge in [0.05, 0.1) is 18.9 Å². The lowest BCUT2D eigenvalue weighted by atomic mass is 10.2.